The molecule has 0 unspecified atom stereocenters. The molecule has 3 saturated heterocycles. The highest BCUT2D eigenvalue weighted by atomic mass is 32.1. The van der Waals surface area contributed by atoms with Gasteiger partial charge in [-0.15, -0.1) is 0 Å². The molecule has 798 valence electrons. The molecule has 3 fully saturated rings. The van der Waals surface area contributed by atoms with Crippen molar-refractivity contribution in [1.82, 2.24) is 0 Å². The fraction of sp³-hybridized carbons (Fsp3) is 0.417. The van der Waals surface area contributed by atoms with Crippen LogP contribution in [0, 0.1) is 0 Å². The number of ether oxygens (including phenoxy) is 21. The van der Waals surface area contributed by atoms with Gasteiger partial charge >= 0.3 is 89.5 Å². The Kier molecular flexibility index (Phi) is 43.2. The minimum absolute atomic E-state index is 0.0508. The van der Waals surface area contributed by atoms with Crippen molar-refractivity contribution in [2.45, 2.75) is 254 Å². The number of benzene rings is 7. The average molecular weight is 2130 g/mol. The maximum atomic E-state index is 15.2. The topological polar surface area (TPSA) is 501 Å². The Labute approximate surface area is 878 Å². The number of thiocarbonyl (C=S) groups is 3. The van der Waals surface area contributed by atoms with Crippen LogP contribution in [0.2, 0.25) is 0 Å². The van der Waals surface area contributed by atoms with Gasteiger partial charge in [0.25, 0.3) is 0 Å². The molecule has 3 heterocycles. The van der Waals surface area contributed by atoms with Crippen molar-refractivity contribution >= 4 is 158 Å². The standard InChI is InChI=1S/C108H114O39S3/c1-16-127-94(124)43-67-22-19-25-73(37-67)82-46-76(28-31-88(82)142-106-103(139-64(13)118)100(136-61(10)115)97(133-58(7)112)91(145-106)52-130-55(4)109)85(121)49-79(148)40-70-34-71(41-80(149)50-86(122)77-29-32-89(83(47-77)74-26-20-23-68(38-74)44-95(125)128-17-2)143-107-104(140-65(14)119)101(137-62(11)116)98(134-59(8)113)92(146-107)53-131-56(5)110)36-72(35-70)42-81(150)51-87(123)78-30-33-90(84(48-78)75-27-21-24-69(39-75)45-96(126)129-18-3)144-108-105(141-66(15)120)102(138-63(12)117)99(135-60(9)114)93(147-108)54-132-57(6)111/h19-39,46-48,91-93,97-108H,16-18,40-45,49-54H2,1-15H3/t91-,92-,93-,97-,98-,99-,100+,101+,102+,103+,104+,105+,106+,107+,108+/m1/s1. The number of carbonyl (C=O) groups is 18. The van der Waals surface area contributed by atoms with E-state index in [-0.39, 0.29) is 124 Å². The Bertz CT molecular complexity index is 5680. The van der Waals surface area contributed by atoms with E-state index in [0.717, 1.165) is 83.1 Å². The van der Waals surface area contributed by atoms with E-state index >= 15 is 14.4 Å². The molecular formula is C108H114O39S3. The van der Waals surface area contributed by atoms with Crippen LogP contribution in [0.1, 0.15) is 188 Å². The van der Waals surface area contributed by atoms with Gasteiger partial charge in [0, 0.05) is 170 Å². The van der Waals surface area contributed by atoms with Crippen molar-refractivity contribution in [3.8, 4) is 50.6 Å². The first-order valence-corrected chi connectivity index (χ1v) is 48.8. The maximum Gasteiger partial charge on any atom is 0.310 e. The Morgan fingerprint density at radius 1 is 0.247 bits per heavy atom. The Balaban J connectivity index is 1.03. The van der Waals surface area contributed by atoms with E-state index in [2.05, 4.69) is 0 Å². The number of Topliss-reactive ketones (excluding diaryl/α,β-unsaturated/α-hetero) is 3. The molecule has 15 atom stereocenters. The maximum absolute atomic E-state index is 15.2. The smallest absolute Gasteiger partial charge is 0.310 e. The van der Waals surface area contributed by atoms with Crippen LogP contribution in [0.3, 0.4) is 0 Å². The summed E-state index contributed by atoms with van der Waals surface area (Å²) in [6.07, 6.45) is -26.4. The lowest BCUT2D eigenvalue weighted by molar-refractivity contribution is -0.288. The minimum Gasteiger partial charge on any atom is -0.466 e. The molecule has 0 aliphatic carbocycles. The summed E-state index contributed by atoms with van der Waals surface area (Å²) in [7, 11) is 0. The van der Waals surface area contributed by atoms with Crippen LogP contribution in [0.4, 0.5) is 0 Å². The third-order valence-corrected chi connectivity index (χ3v) is 23.4. The molecule has 0 aromatic heterocycles. The predicted molar refractivity (Wildman–Crippen MR) is 537 cm³/mol. The van der Waals surface area contributed by atoms with Crippen LogP contribution >= 0.6 is 36.7 Å². The van der Waals surface area contributed by atoms with Crippen molar-refractivity contribution in [1.29, 1.82) is 0 Å². The Morgan fingerprint density at radius 3 is 0.693 bits per heavy atom. The highest BCUT2D eigenvalue weighted by Crippen LogP contribution is 2.43. The number of carbonyl (C=O) groups excluding carboxylic acids is 18. The average Bonchev–Trinajstić information content (AvgIpc) is 0.788. The molecule has 0 bridgehead atoms. The zero-order valence-electron chi connectivity index (χ0n) is 84.8. The second kappa shape index (κ2) is 55.4. The molecule has 0 saturated carbocycles. The molecule has 7 aromatic rings. The molecular weight excluding hydrogens is 2020 g/mol. The fourth-order valence-corrected chi connectivity index (χ4v) is 17.8. The van der Waals surface area contributed by atoms with Crippen LogP contribution < -0.4 is 14.2 Å². The van der Waals surface area contributed by atoms with Gasteiger partial charge in [0.15, 0.2) is 54.0 Å². The first kappa shape index (κ1) is 117. The number of rotatable bonds is 48. The van der Waals surface area contributed by atoms with Crippen LogP contribution in [-0.4, -0.2) is 253 Å². The number of hydrogen-bond acceptors (Lipinski definition) is 42. The summed E-state index contributed by atoms with van der Waals surface area (Å²) < 4.78 is 122. The lowest BCUT2D eigenvalue weighted by atomic mass is 9.93. The highest BCUT2D eigenvalue weighted by Gasteiger charge is 2.57. The Morgan fingerprint density at radius 2 is 0.473 bits per heavy atom. The summed E-state index contributed by atoms with van der Waals surface area (Å²) in [5.74, 6) is -14.0. The van der Waals surface area contributed by atoms with Gasteiger partial charge in [-0.2, -0.15) is 0 Å². The van der Waals surface area contributed by atoms with Crippen molar-refractivity contribution in [3.63, 3.8) is 0 Å². The van der Waals surface area contributed by atoms with Crippen LogP contribution in [0.25, 0.3) is 33.4 Å². The molecule has 39 nitrogen and oxygen atoms in total. The molecule has 0 N–H and O–H groups in total. The van der Waals surface area contributed by atoms with E-state index in [1.165, 1.54) is 54.6 Å². The summed E-state index contributed by atoms with van der Waals surface area (Å²) in [5.41, 5.74) is 4.55. The third-order valence-electron chi connectivity index (χ3n) is 22.5. The van der Waals surface area contributed by atoms with Crippen molar-refractivity contribution < 1.29 is 186 Å². The summed E-state index contributed by atoms with van der Waals surface area (Å²) in [6.45, 7) is 16.1. The van der Waals surface area contributed by atoms with Crippen molar-refractivity contribution in [3.05, 3.63) is 196 Å². The number of hydrogen-bond donors (Lipinski definition) is 0. The summed E-state index contributed by atoms with van der Waals surface area (Å²) >= 11 is 18.5. The molecule has 3 aliphatic heterocycles. The fourth-order valence-electron chi connectivity index (χ4n) is 16.9. The summed E-state index contributed by atoms with van der Waals surface area (Å²) in [5, 5.41) is 0. The van der Waals surface area contributed by atoms with Crippen LogP contribution in [-0.2, 0) is 196 Å². The van der Waals surface area contributed by atoms with E-state index in [9.17, 15) is 71.9 Å². The molecule has 150 heavy (non-hydrogen) atoms. The third kappa shape index (κ3) is 34.9. The summed E-state index contributed by atoms with van der Waals surface area (Å²) in [6, 6.07) is 37.8. The minimum atomic E-state index is -1.76. The highest BCUT2D eigenvalue weighted by molar-refractivity contribution is 7.80. The SMILES string of the molecule is CCOC(=O)Cc1cccc(-c2cc(C(=O)CC(=S)Cc3cc(CC(=S)CC(=O)c4ccc(O[C@H]5O[C@H](COC(C)=O)[C@@H](OC(C)=O)[C@H](OC(C)=O)[C@@H]5OC(C)=O)c(-c5cccc(CC(=O)OCC)c5)c4)cc(CC(=S)CC(=O)c4ccc(O[C@H]5O[C@H](COC(C)=O)[C@@H](OC(C)=O)[C@H](OC(C)=O)[C@@H]5OC(C)=O)c(-c5cccc(CC(=O)OCC)c5)c4)c3)ccc2O[C@H]2O[C@H](COC(C)=O)[C@@H](OC(C)=O)[C@H](OC(C)=O)[C@@H]2OC(C)=O)c1. The molecule has 0 spiro atoms. The van der Waals surface area contributed by atoms with Gasteiger partial charge in [0.2, 0.25) is 37.2 Å². The zero-order valence-corrected chi connectivity index (χ0v) is 87.2. The molecule has 0 amide bonds. The van der Waals surface area contributed by atoms with Gasteiger partial charge in [-0.05, 0) is 125 Å². The van der Waals surface area contributed by atoms with Gasteiger partial charge in [-0.1, -0.05) is 128 Å². The van der Waals surface area contributed by atoms with Crippen LogP contribution in [0.15, 0.2) is 146 Å². The van der Waals surface area contributed by atoms with Gasteiger partial charge in [-0.3, -0.25) is 86.3 Å². The predicted octanol–water partition coefficient (Wildman–Crippen LogP) is 11.9. The second-order valence-corrected chi connectivity index (χ2v) is 36.6. The second-order valence-electron chi connectivity index (χ2n) is 34.8. The van der Waals surface area contributed by atoms with Gasteiger partial charge < -0.3 is 99.5 Å². The lowest BCUT2D eigenvalue weighted by Gasteiger charge is -2.44. The summed E-state index contributed by atoms with van der Waals surface area (Å²) in [4.78, 5) is 238. The zero-order chi connectivity index (χ0) is 110. The Hall–Kier alpha value is -14.9. The first-order valence-electron chi connectivity index (χ1n) is 47.6. The van der Waals surface area contributed by atoms with Gasteiger partial charge in [0.05, 0.1) is 39.1 Å². The molecule has 42 heteroatoms. The molecule has 7 aromatic carbocycles. The first-order chi connectivity index (χ1) is 71.2. The monoisotopic (exact) mass is 2130 g/mol. The van der Waals surface area contributed by atoms with E-state index in [0.29, 0.717) is 50.1 Å². The van der Waals surface area contributed by atoms with Gasteiger partial charge in [-0.25, -0.2) is 0 Å². The molecule has 10 rings (SSSR count). The van der Waals surface area contributed by atoms with Crippen molar-refractivity contribution in [2.24, 2.45) is 0 Å². The van der Waals surface area contributed by atoms with E-state index < -0.39 is 238 Å². The van der Waals surface area contributed by atoms with Gasteiger partial charge in [0.1, 0.15) is 55.4 Å². The largest absolute Gasteiger partial charge is 0.466 e. The number of ketones is 3. The quantitative estimate of drug-likeness (QED) is 0.0148. The molecule has 3 aliphatic rings. The lowest BCUT2D eigenvalue weighted by Crippen LogP contribution is -2.63. The van der Waals surface area contributed by atoms with E-state index in [1.807, 2.05) is 0 Å². The van der Waals surface area contributed by atoms with E-state index in [1.54, 1.807) is 112 Å². The molecule has 0 radical (unpaired) electrons. The van der Waals surface area contributed by atoms with Crippen LogP contribution in [0.5, 0.6) is 17.2 Å². The number of esters is 15. The van der Waals surface area contributed by atoms with Crippen molar-refractivity contribution in [2.75, 3.05) is 39.6 Å². The normalized spacial score (nSPS) is 20.0. The van der Waals surface area contributed by atoms with E-state index in [4.69, 9.17) is 136 Å².